The van der Waals surface area contributed by atoms with Crippen LogP contribution in [0.4, 0.5) is 0 Å². The Kier molecular flexibility index (Phi) is 48.7. The van der Waals surface area contributed by atoms with Crippen LogP contribution >= 0.6 is 0 Å². The molecule has 0 unspecified atom stereocenters. The van der Waals surface area contributed by atoms with Crippen LogP contribution in [0, 0.1) is 5.92 Å². The largest absolute Gasteiger partial charge is 0.481 e. The fourth-order valence-electron chi connectivity index (χ4n) is 13.1. The first-order valence-electron chi connectivity index (χ1n) is 40.1. The first-order chi connectivity index (χ1) is 51.9. The standard InChI is InChI=1S/C81H130N12O15/c1-6-8-10-12-14-16-18-20-22-24-26-28-33-44-70(95)83-48-38-37-43-63(88-71(96)45-34-29-27-25-23-21-19-17-15-13-11-9-7-2)76(103)85-56-73(98)89-67(52-74(99)100)80(107)92-66(51-60-54-84-62-42-36-35-41-61(60)62)79(106)93-68(53-75(101)102)81(108)90-64(46-47-69(82)94)78(105)91-65(50-59-39-31-30-32-40-59)77(104)86-55-72(97)87-58(5)49-57(3)4/h30-32,35-36,39-42,54,57-58,63-68,84H,6-29,33-34,37-38,43-53,55-56H2,1-5H3,(H2,82,94)(H,83,95)(H,85,103)(H,86,104)(H,87,97)(H,88,96)(H,89,98)(H,90,108)(H,91,105)(H,92,107)(H,93,106)(H,99,100)(H,101,102)/t58-,63+,64+,65+,66+,67+,68+/m1/s1. The summed E-state index contributed by atoms with van der Waals surface area (Å²) in [6, 6.07) is 5.31. The number of hydrogen-bond acceptors (Lipinski definition) is 13. The Morgan fingerprint density at radius 2 is 0.796 bits per heavy atom. The minimum absolute atomic E-state index is 0.0616. The lowest BCUT2D eigenvalue weighted by atomic mass is 10.0. The maximum absolute atomic E-state index is 14.7. The monoisotopic (exact) mass is 1510 g/mol. The van der Waals surface area contributed by atoms with Gasteiger partial charge in [0.1, 0.15) is 36.3 Å². The number of nitrogens with one attached hydrogen (secondary N) is 11. The highest BCUT2D eigenvalue weighted by atomic mass is 16.4. The maximum atomic E-state index is 14.7. The second-order valence-electron chi connectivity index (χ2n) is 29.3. The van der Waals surface area contributed by atoms with Crippen molar-refractivity contribution in [2.45, 2.75) is 321 Å². The maximum Gasteiger partial charge on any atom is 0.305 e. The number of carbonyl (C=O) groups excluding carboxylic acids is 11. The van der Waals surface area contributed by atoms with Crippen LogP contribution in [0.1, 0.15) is 277 Å². The number of aliphatic carboxylic acids is 2. The van der Waals surface area contributed by atoms with E-state index in [0.717, 1.165) is 51.4 Å². The van der Waals surface area contributed by atoms with E-state index in [1.54, 1.807) is 54.6 Å². The molecule has 3 rings (SSSR count). The van der Waals surface area contributed by atoms with E-state index in [9.17, 15) is 72.5 Å². The van der Waals surface area contributed by atoms with Gasteiger partial charge in [-0.2, -0.15) is 0 Å². The molecule has 1 aromatic heterocycles. The third-order valence-corrected chi connectivity index (χ3v) is 19.0. The lowest BCUT2D eigenvalue weighted by Crippen LogP contribution is -2.60. The van der Waals surface area contributed by atoms with Crippen molar-refractivity contribution in [1.82, 2.24) is 58.2 Å². The number of amides is 11. The quantitative estimate of drug-likeness (QED) is 0.0234. The molecule has 0 aliphatic rings. The van der Waals surface area contributed by atoms with E-state index in [2.05, 4.69) is 72.0 Å². The Balaban J connectivity index is 1.78. The van der Waals surface area contributed by atoms with Crippen molar-refractivity contribution in [3.05, 3.63) is 71.9 Å². The summed E-state index contributed by atoms with van der Waals surface area (Å²) in [7, 11) is 0. The molecule has 1 heterocycles. The number of para-hydroxylation sites is 1. The summed E-state index contributed by atoms with van der Waals surface area (Å²) in [5.41, 5.74) is 7.09. The second kappa shape index (κ2) is 56.4. The Hall–Kier alpha value is -8.91. The molecule has 0 radical (unpaired) electrons. The van der Waals surface area contributed by atoms with E-state index in [-0.39, 0.29) is 49.5 Å². The number of carboxylic acid groups (broad SMARTS) is 2. The van der Waals surface area contributed by atoms with Gasteiger partial charge in [0.05, 0.1) is 25.9 Å². The molecule has 15 N–H and O–H groups in total. The molecule has 27 heteroatoms. The average molecular weight is 1510 g/mol. The van der Waals surface area contributed by atoms with Crippen LogP contribution in [-0.2, 0) is 75.2 Å². The van der Waals surface area contributed by atoms with Gasteiger partial charge in [-0.3, -0.25) is 62.3 Å². The van der Waals surface area contributed by atoms with E-state index in [4.69, 9.17) is 5.73 Å². The number of fused-ring (bicyclic) bond motifs is 1. The number of benzene rings is 2. The molecule has 108 heavy (non-hydrogen) atoms. The van der Waals surface area contributed by atoms with Gasteiger partial charge in [0.15, 0.2) is 0 Å². The van der Waals surface area contributed by atoms with Crippen LogP contribution in [0.25, 0.3) is 10.9 Å². The number of rotatable bonds is 63. The van der Waals surface area contributed by atoms with Crippen molar-refractivity contribution in [2.24, 2.45) is 11.7 Å². The molecule has 0 fully saturated rings. The van der Waals surface area contributed by atoms with Crippen molar-refractivity contribution in [3.8, 4) is 0 Å². The zero-order chi connectivity index (χ0) is 79.3. The summed E-state index contributed by atoms with van der Waals surface area (Å²) in [6.07, 6.45) is 30.3. The van der Waals surface area contributed by atoms with Gasteiger partial charge < -0.3 is 74.1 Å². The normalized spacial score (nSPS) is 13.1. The van der Waals surface area contributed by atoms with Crippen molar-refractivity contribution < 1.29 is 72.5 Å². The molecule has 0 saturated carbocycles. The molecule has 0 saturated heterocycles. The number of unbranched alkanes of at least 4 members (excludes halogenated alkanes) is 25. The summed E-state index contributed by atoms with van der Waals surface area (Å²) in [4.78, 5) is 178. The number of aromatic amines is 1. The highest BCUT2D eigenvalue weighted by Crippen LogP contribution is 2.21. The molecular formula is C81H130N12O15. The summed E-state index contributed by atoms with van der Waals surface area (Å²) < 4.78 is 0. The van der Waals surface area contributed by atoms with Gasteiger partial charge in [0.2, 0.25) is 65.0 Å². The molecule has 3 aromatic rings. The van der Waals surface area contributed by atoms with E-state index in [0.29, 0.717) is 60.7 Å². The highest BCUT2D eigenvalue weighted by molar-refractivity contribution is 5.99. The topological polar surface area (TPSA) is 424 Å². The Morgan fingerprint density at radius 1 is 0.389 bits per heavy atom. The predicted molar refractivity (Wildman–Crippen MR) is 417 cm³/mol. The molecule has 604 valence electrons. The third kappa shape index (κ3) is 43.2. The first-order valence-corrected chi connectivity index (χ1v) is 40.1. The van der Waals surface area contributed by atoms with Gasteiger partial charge in [-0.05, 0) is 75.0 Å². The van der Waals surface area contributed by atoms with Crippen LogP contribution < -0.4 is 58.9 Å². The molecule has 7 atom stereocenters. The minimum atomic E-state index is -2.02. The number of primary amides is 1. The van der Waals surface area contributed by atoms with Gasteiger partial charge in [0.25, 0.3) is 0 Å². The van der Waals surface area contributed by atoms with Gasteiger partial charge in [0, 0.05) is 61.8 Å². The van der Waals surface area contributed by atoms with Crippen LogP contribution in [0.3, 0.4) is 0 Å². The Labute approximate surface area is 639 Å². The van der Waals surface area contributed by atoms with Crippen molar-refractivity contribution in [1.29, 1.82) is 0 Å². The van der Waals surface area contributed by atoms with Crippen LogP contribution in [0.5, 0.6) is 0 Å². The fraction of sp³-hybridized carbons (Fsp3) is 0.667. The number of nitrogens with two attached hydrogens (primary N) is 1. The molecular weight excluding hydrogens is 1380 g/mol. The molecule has 0 bridgehead atoms. The van der Waals surface area contributed by atoms with Crippen LogP contribution in [0.15, 0.2) is 60.8 Å². The third-order valence-electron chi connectivity index (χ3n) is 19.0. The molecule has 2 aromatic carbocycles. The smallest absolute Gasteiger partial charge is 0.305 e. The summed E-state index contributed by atoms with van der Waals surface area (Å²) >= 11 is 0. The summed E-state index contributed by atoms with van der Waals surface area (Å²) in [5.74, 6) is -12.0. The van der Waals surface area contributed by atoms with E-state index >= 15 is 0 Å². The summed E-state index contributed by atoms with van der Waals surface area (Å²) in [6.45, 7) is 9.35. The number of carbonyl (C=O) groups is 13. The lowest BCUT2D eigenvalue weighted by molar-refractivity contribution is -0.142. The SMILES string of the molecule is CCCCCCCCCCCCCCCC(=O)NCCCC[C@H](NC(=O)CCCCCCCCCCCCCCC)C(=O)NCC(=O)N[C@@H](CC(=O)O)C(=O)N[C@@H](Cc1c[nH]c2ccccc12)C(=O)N[C@@H](CC(=O)O)C(=O)N[C@@H](CCC(N)=O)C(=O)N[C@@H](Cc1ccccc1)C(=O)NCC(=O)N[C@H](C)CC(C)C. The van der Waals surface area contributed by atoms with Crippen molar-refractivity contribution in [3.63, 3.8) is 0 Å². The van der Waals surface area contributed by atoms with E-state index in [1.165, 1.54) is 115 Å². The molecule has 27 nitrogen and oxygen atoms in total. The van der Waals surface area contributed by atoms with Gasteiger partial charge in [-0.15, -0.1) is 0 Å². The van der Waals surface area contributed by atoms with Crippen LogP contribution in [0.2, 0.25) is 0 Å². The highest BCUT2D eigenvalue weighted by Gasteiger charge is 2.35. The minimum Gasteiger partial charge on any atom is -0.481 e. The van der Waals surface area contributed by atoms with E-state index in [1.807, 2.05) is 20.8 Å². The van der Waals surface area contributed by atoms with Crippen molar-refractivity contribution >= 4 is 87.8 Å². The Morgan fingerprint density at radius 3 is 1.31 bits per heavy atom. The zero-order valence-electron chi connectivity index (χ0n) is 65.2. The Bertz CT molecular complexity index is 3200. The zero-order valence-corrected chi connectivity index (χ0v) is 65.2. The summed E-state index contributed by atoms with van der Waals surface area (Å²) in [5, 5.41) is 46.5. The predicted octanol–water partition coefficient (Wildman–Crippen LogP) is 9.11. The number of carboxylic acids is 2. The fourth-order valence-corrected chi connectivity index (χ4v) is 13.1. The molecule has 0 spiro atoms. The molecule has 11 amide bonds. The van der Waals surface area contributed by atoms with Gasteiger partial charge >= 0.3 is 11.9 Å². The van der Waals surface area contributed by atoms with Gasteiger partial charge in [-0.25, -0.2) is 0 Å². The number of hydrogen-bond donors (Lipinski definition) is 14. The number of H-pyrrole nitrogens is 1. The lowest BCUT2D eigenvalue weighted by Gasteiger charge is -2.27. The molecule has 0 aliphatic carbocycles. The number of aromatic nitrogens is 1. The van der Waals surface area contributed by atoms with Gasteiger partial charge in [-0.1, -0.05) is 230 Å². The average Bonchev–Trinajstić information content (AvgIpc) is 1.69. The molecule has 0 aliphatic heterocycles. The second-order valence-corrected chi connectivity index (χ2v) is 29.3. The van der Waals surface area contributed by atoms with E-state index < -0.39 is 140 Å². The van der Waals surface area contributed by atoms with Crippen molar-refractivity contribution in [2.75, 3.05) is 19.6 Å². The van der Waals surface area contributed by atoms with Crippen LogP contribution in [-0.4, -0.2) is 154 Å². The first kappa shape index (κ1) is 93.3.